The number of ether oxygens (including phenoxy) is 1. The number of nitrogens with one attached hydrogen (secondary N) is 1. The molecule has 6 nitrogen and oxygen atoms in total. The fraction of sp³-hybridized carbons (Fsp3) is 0.278. The van der Waals surface area contributed by atoms with E-state index in [1.54, 1.807) is 23.9 Å². The standard InChI is InChI=1S/C18H19ClN4O2/c1-4-9-25-13-7-5-12(6-8-13)21-18(24)14-10-20-17-15(16(14)19)11(2)22-23(17)3/h5-8,10H,4,9H2,1-3H3,(H,21,24). The number of nitrogens with zero attached hydrogens (tertiary/aromatic N) is 3. The first-order valence-corrected chi connectivity index (χ1v) is 8.41. The van der Waals surface area contributed by atoms with Crippen LogP contribution >= 0.6 is 11.6 Å². The van der Waals surface area contributed by atoms with Gasteiger partial charge in [0.2, 0.25) is 0 Å². The first-order chi connectivity index (χ1) is 12.0. The number of carbonyl (C=O) groups excluding carboxylic acids is 1. The average molecular weight is 359 g/mol. The van der Waals surface area contributed by atoms with Gasteiger partial charge < -0.3 is 10.1 Å². The Morgan fingerprint density at radius 3 is 2.72 bits per heavy atom. The number of anilines is 1. The third-order valence-corrected chi connectivity index (χ3v) is 4.19. The summed E-state index contributed by atoms with van der Waals surface area (Å²) < 4.78 is 7.18. The molecule has 0 saturated carbocycles. The van der Waals surface area contributed by atoms with Crippen molar-refractivity contribution in [1.29, 1.82) is 0 Å². The molecule has 2 aromatic heterocycles. The molecule has 1 aromatic carbocycles. The summed E-state index contributed by atoms with van der Waals surface area (Å²) in [6.45, 7) is 4.55. The summed E-state index contributed by atoms with van der Waals surface area (Å²) in [5.74, 6) is 0.455. The number of carbonyl (C=O) groups is 1. The van der Waals surface area contributed by atoms with Gasteiger partial charge in [0, 0.05) is 18.9 Å². The van der Waals surface area contributed by atoms with E-state index in [-0.39, 0.29) is 5.91 Å². The maximum absolute atomic E-state index is 12.6. The number of rotatable bonds is 5. The van der Waals surface area contributed by atoms with Crippen molar-refractivity contribution in [3.63, 3.8) is 0 Å². The summed E-state index contributed by atoms with van der Waals surface area (Å²) in [5, 5.41) is 8.17. The molecular formula is C18H19ClN4O2. The quantitative estimate of drug-likeness (QED) is 0.749. The van der Waals surface area contributed by atoms with Crippen molar-refractivity contribution < 1.29 is 9.53 Å². The van der Waals surface area contributed by atoms with E-state index in [0.29, 0.717) is 33.9 Å². The first-order valence-electron chi connectivity index (χ1n) is 8.03. The van der Waals surface area contributed by atoms with E-state index in [4.69, 9.17) is 16.3 Å². The molecule has 3 rings (SSSR count). The topological polar surface area (TPSA) is 69.0 Å². The molecule has 0 aliphatic carbocycles. The molecule has 1 N–H and O–H groups in total. The van der Waals surface area contributed by atoms with Crippen molar-refractivity contribution in [1.82, 2.24) is 14.8 Å². The maximum atomic E-state index is 12.6. The number of benzene rings is 1. The molecule has 7 heteroatoms. The number of pyridine rings is 1. The lowest BCUT2D eigenvalue weighted by Gasteiger charge is -2.09. The fourth-order valence-corrected chi connectivity index (χ4v) is 2.94. The van der Waals surface area contributed by atoms with Gasteiger partial charge in [-0.15, -0.1) is 0 Å². The molecule has 0 unspecified atom stereocenters. The van der Waals surface area contributed by atoms with Crippen LogP contribution in [0, 0.1) is 6.92 Å². The lowest BCUT2D eigenvalue weighted by atomic mass is 10.2. The molecule has 0 radical (unpaired) electrons. The summed E-state index contributed by atoms with van der Waals surface area (Å²) in [6, 6.07) is 7.22. The summed E-state index contributed by atoms with van der Waals surface area (Å²) in [6.07, 6.45) is 2.42. The molecule has 1 amide bonds. The van der Waals surface area contributed by atoms with Gasteiger partial charge >= 0.3 is 0 Å². The summed E-state index contributed by atoms with van der Waals surface area (Å²) in [7, 11) is 1.79. The van der Waals surface area contributed by atoms with Crippen molar-refractivity contribution in [2.45, 2.75) is 20.3 Å². The normalized spacial score (nSPS) is 10.9. The summed E-state index contributed by atoms with van der Waals surface area (Å²) in [4.78, 5) is 16.9. The molecule has 0 spiro atoms. The van der Waals surface area contributed by atoms with Crippen LogP contribution in [0.1, 0.15) is 29.4 Å². The molecular weight excluding hydrogens is 340 g/mol. The highest BCUT2D eigenvalue weighted by Crippen LogP contribution is 2.28. The van der Waals surface area contributed by atoms with Gasteiger partial charge in [-0.25, -0.2) is 4.98 Å². The Bertz CT molecular complexity index is 919. The highest BCUT2D eigenvalue weighted by Gasteiger charge is 2.18. The van der Waals surface area contributed by atoms with Gasteiger partial charge in [0.15, 0.2) is 5.65 Å². The number of aryl methyl sites for hydroxylation is 2. The second-order valence-electron chi connectivity index (χ2n) is 5.72. The SMILES string of the molecule is CCCOc1ccc(NC(=O)c2cnc3c(c(C)nn3C)c2Cl)cc1. The Hall–Kier alpha value is -2.60. The van der Waals surface area contributed by atoms with Crippen LogP contribution in [0.25, 0.3) is 11.0 Å². The van der Waals surface area contributed by atoms with Crippen LogP contribution in [0.2, 0.25) is 5.02 Å². The van der Waals surface area contributed by atoms with Gasteiger partial charge in [-0.3, -0.25) is 9.48 Å². The van der Waals surface area contributed by atoms with Gasteiger partial charge in [-0.1, -0.05) is 18.5 Å². The lowest BCUT2D eigenvalue weighted by Crippen LogP contribution is -2.13. The molecule has 0 bridgehead atoms. The third-order valence-electron chi connectivity index (χ3n) is 3.79. The number of amides is 1. The first kappa shape index (κ1) is 17.2. The Morgan fingerprint density at radius 2 is 2.04 bits per heavy atom. The molecule has 0 aliphatic heterocycles. The van der Waals surface area contributed by atoms with Gasteiger partial charge in [0.1, 0.15) is 5.75 Å². The Morgan fingerprint density at radius 1 is 1.32 bits per heavy atom. The molecule has 0 saturated heterocycles. The van der Waals surface area contributed by atoms with E-state index in [2.05, 4.69) is 15.4 Å². The van der Waals surface area contributed by atoms with Crippen LogP contribution in [-0.4, -0.2) is 27.3 Å². The van der Waals surface area contributed by atoms with Crippen LogP contribution in [0.15, 0.2) is 30.5 Å². The van der Waals surface area contributed by atoms with Crippen LogP contribution in [0.5, 0.6) is 5.75 Å². The Labute approximate surface area is 150 Å². The molecule has 130 valence electrons. The Balaban J connectivity index is 1.82. The zero-order valence-corrected chi connectivity index (χ0v) is 15.1. The zero-order valence-electron chi connectivity index (χ0n) is 14.3. The maximum Gasteiger partial charge on any atom is 0.258 e. The minimum atomic E-state index is -0.315. The minimum Gasteiger partial charge on any atom is -0.494 e. The van der Waals surface area contributed by atoms with Gasteiger partial charge in [-0.2, -0.15) is 5.10 Å². The van der Waals surface area contributed by atoms with Crippen molar-refractivity contribution in [2.75, 3.05) is 11.9 Å². The van der Waals surface area contributed by atoms with Crippen molar-refractivity contribution >= 4 is 34.2 Å². The van der Waals surface area contributed by atoms with Crippen LogP contribution in [0.4, 0.5) is 5.69 Å². The van der Waals surface area contributed by atoms with Gasteiger partial charge in [-0.05, 0) is 37.6 Å². The van der Waals surface area contributed by atoms with Gasteiger partial charge in [0.05, 0.1) is 28.3 Å². The Kier molecular flexibility index (Phi) is 4.90. The number of aromatic nitrogens is 3. The van der Waals surface area contributed by atoms with E-state index in [9.17, 15) is 4.79 Å². The van der Waals surface area contributed by atoms with Crippen molar-refractivity contribution in [2.24, 2.45) is 7.05 Å². The van der Waals surface area contributed by atoms with E-state index in [0.717, 1.165) is 17.9 Å². The third kappa shape index (κ3) is 3.44. The zero-order chi connectivity index (χ0) is 18.0. The highest BCUT2D eigenvalue weighted by atomic mass is 35.5. The lowest BCUT2D eigenvalue weighted by molar-refractivity contribution is 0.102. The molecule has 0 atom stereocenters. The predicted molar refractivity (Wildman–Crippen MR) is 98.4 cm³/mol. The number of hydrogen-bond donors (Lipinski definition) is 1. The number of fused-ring (bicyclic) bond motifs is 1. The summed E-state index contributed by atoms with van der Waals surface area (Å²) in [5.41, 5.74) is 2.36. The molecule has 3 aromatic rings. The fourth-order valence-electron chi connectivity index (χ4n) is 2.58. The summed E-state index contributed by atoms with van der Waals surface area (Å²) >= 11 is 6.43. The average Bonchev–Trinajstić information content (AvgIpc) is 2.89. The van der Waals surface area contributed by atoms with Crippen LogP contribution in [-0.2, 0) is 7.05 Å². The largest absolute Gasteiger partial charge is 0.494 e. The monoisotopic (exact) mass is 358 g/mol. The van der Waals surface area contributed by atoms with E-state index < -0.39 is 0 Å². The molecule has 2 heterocycles. The second-order valence-corrected chi connectivity index (χ2v) is 6.10. The highest BCUT2D eigenvalue weighted by molar-refractivity contribution is 6.39. The van der Waals surface area contributed by atoms with Crippen LogP contribution in [0.3, 0.4) is 0 Å². The van der Waals surface area contributed by atoms with Crippen molar-refractivity contribution in [3.05, 3.63) is 46.7 Å². The second kappa shape index (κ2) is 7.11. The van der Waals surface area contributed by atoms with Crippen LogP contribution < -0.4 is 10.1 Å². The van der Waals surface area contributed by atoms with E-state index >= 15 is 0 Å². The molecule has 0 fully saturated rings. The van der Waals surface area contributed by atoms with Gasteiger partial charge in [0.25, 0.3) is 5.91 Å². The van der Waals surface area contributed by atoms with Crippen molar-refractivity contribution in [3.8, 4) is 5.75 Å². The molecule has 0 aliphatic rings. The van der Waals surface area contributed by atoms with E-state index in [1.165, 1.54) is 6.20 Å². The smallest absolute Gasteiger partial charge is 0.258 e. The molecule has 25 heavy (non-hydrogen) atoms. The van der Waals surface area contributed by atoms with E-state index in [1.807, 2.05) is 26.0 Å². The number of hydrogen-bond acceptors (Lipinski definition) is 4. The minimum absolute atomic E-state index is 0.315. The predicted octanol–water partition coefficient (Wildman–Crippen LogP) is 3.97. The number of halogens is 1.